The number of halogens is 2. The maximum absolute atomic E-state index is 13.8. The van der Waals surface area contributed by atoms with Gasteiger partial charge in [0.05, 0.1) is 10.6 Å². The van der Waals surface area contributed by atoms with Crippen molar-refractivity contribution < 1.29 is 9.18 Å². The molecular weight excluding hydrogens is 327 g/mol. The SMILES string of the molecule is O=C(Nc1ccc(Nc2ccccc2)cc1)c1c(F)cccc1Cl. The highest BCUT2D eigenvalue weighted by Gasteiger charge is 2.15. The summed E-state index contributed by atoms with van der Waals surface area (Å²) < 4.78 is 13.8. The molecule has 0 atom stereocenters. The van der Waals surface area contributed by atoms with Gasteiger partial charge in [0.25, 0.3) is 5.91 Å². The summed E-state index contributed by atoms with van der Waals surface area (Å²) >= 11 is 5.90. The number of carbonyl (C=O) groups is 1. The van der Waals surface area contributed by atoms with E-state index < -0.39 is 11.7 Å². The maximum atomic E-state index is 13.8. The highest BCUT2D eigenvalue weighted by molar-refractivity contribution is 6.34. The standard InChI is InChI=1S/C19H14ClFN2O/c20-16-7-4-8-17(21)18(16)19(24)23-15-11-9-14(10-12-15)22-13-5-2-1-3-6-13/h1-12,22H,(H,23,24). The Hall–Kier alpha value is -2.85. The van der Waals surface area contributed by atoms with Gasteiger partial charge in [-0.15, -0.1) is 0 Å². The maximum Gasteiger partial charge on any atom is 0.260 e. The van der Waals surface area contributed by atoms with Gasteiger partial charge in [-0.1, -0.05) is 35.9 Å². The molecule has 0 aliphatic rings. The smallest absolute Gasteiger partial charge is 0.260 e. The summed E-state index contributed by atoms with van der Waals surface area (Å²) in [5, 5.41) is 5.96. The molecule has 3 rings (SSSR count). The third kappa shape index (κ3) is 3.73. The van der Waals surface area contributed by atoms with Crippen molar-refractivity contribution >= 4 is 34.6 Å². The summed E-state index contributed by atoms with van der Waals surface area (Å²) in [5.74, 6) is -1.23. The van der Waals surface area contributed by atoms with Crippen LogP contribution in [0.5, 0.6) is 0 Å². The first-order valence-corrected chi connectivity index (χ1v) is 7.69. The van der Waals surface area contributed by atoms with E-state index in [4.69, 9.17) is 11.6 Å². The van der Waals surface area contributed by atoms with Crippen molar-refractivity contribution in [1.29, 1.82) is 0 Å². The predicted octanol–water partition coefficient (Wildman–Crippen LogP) is 5.48. The lowest BCUT2D eigenvalue weighted by atomic mass is 10.2. The lowest BCUT2D eigenvalue weighted by Crippen LogP contribution is -2.14. The Morgan fingerprint density at radius 2 is 1.42 bits per heavy atom. The van der Waals surface area contributed by atoms with Crippen LogP contribution in [0.25, 0.3) is 0 Å². The van der Waals surface area contributed by atoms with Gasteiger partial charge in [-0.05, 0) is 48.5 Å². The third-order valence-corrected chi connectivity index (χ3v) is 3.71. The van der Waals surface area contributed by atoms with Crippen LogP contribution >= 0.6 is 11.6 Å². The third-order valence-electron chi connectivity index (χ3n) is 3.40. The molecule has 120 valence electrons. The van der Waals surface area contributed by atoms with E-state index in [9.17, 15) is 9.18 Å². The van der Waals surface area contributed by atoms with Gasteiger partial charge in [0.15, 0.2) is 0 Å². The van der Waals surface area contributed by atoms with Crippen molar-refractivity contribution in [3.63, 3.8) is 0 Å². The average Bonchev–Trinajstić information content (AvgIpc) is 2.57. The Morgan fingerprint density at radius 3 is 2.08 bits per heavy atom. The molecule has 3 aromatic rings. The van der Waals surface area contributed by atoms with Crippen LogP contribution in [-0.2, 0) is 0 Å². The number of rotatable bonds is 4. The van der Waals surface area contributed by atoms with Crippen LogP contribution < -0.4 is 10.6 Å². The van der Waals surface area contributed by atoms with Crippen molar-refractivity contribution in [1.82, 2.24) is 0 Å². The Labute approximate surface area is 144 Å². The highest BCUT2D eigenvalue weighted by atomic mass is 35.5. The summed E-state index contributed by atoms with van der Waals surface area (Å²) in [5.41, 5.74) is 2.24. The zero-order valence-electron chi connectivity index (χ0n) is 12.6. The van der Waals surface area contributed by atoms with Crippen molar-refractivity contribution in [2.24, 2.45) is 0 Å². The molecule has 0 radical (unpaired) electrons. The van der Waals surface area contributed by atoms with Crippen LogP contribution in [0.4, 0.5) is 21.5 Å². The summed E-state index contributed by atoms with van der Waals surface area (Å²) in [6.07, 6.45) is 0. The quantitative estimate of drug-likeness (QED) is 0.660. The molecule has 0 aliphatic heterocycles. The number of anilines is 3. The summed E-state index contributed by atoms with van der Waals surface area (Å²) in [4.78, 5) is 12.2. The molecule has 0 bridgehead atoms. The minimum absolute atomic E-state index is 0.0786. The molecule has 0 heterocycles. The Kier molecular flexibility index (Phi) is 4.77. The molecule has 3 nitrogen and oxygen atoms in total. The fourth-order valence-corrected chi connectivity index (χ4v) is 2.48. The van der Waals surface area contributed by atoms with Crippen molar-refractivity contribution in [3.05, 3.63) is 89.2 Å². The van der Waals surface area contributed by atoms with E-state index in [0.717, 1.165) is 11.4 Å². The Bertz CT molecular complexity index is 831. The van der Waals surface area contributed by atoms with Gasteiger partial charge in [-0.25, -0.2) is 4.39 Å². The van der Waals surface area contributed by atoms with E-state index in [1.165, 1.54) is 18.2 Å². The average molecular weight is 341 g/mol. The van der Waals surface area contributed by atoms with E-state index in [2.05, 4.69) is 10.6 Å². The second-order valence-electron chi connectivity index (χ2n) is 5.12. The van der Waals surface area contributed by atoms with Gasteiger partial charge in [-0.3, -0.25) is 4.79 Å². The molecule has 0 fully saturated rings. The molecule has 1 amide bonds. The van der Waals surface area contributed by atoms with Gasteiger partial charge in [-0.2, -0.15) is 0 Å². The molecule has 24 heavy (non-hydrogen) atoms. The number of hydrogen-bond acceptors (Lipinski definition) is 2. The number of para-hydroxylation sites is 1. The summed E-state index contributed by atoms with van der Waals surface area (Å²) in [6, 6.07) is 21.0. The lowest BCUT2D eigenvalue weighted by Gasteiger charge is -2.10. The van der Waals surface area contributed by atoms with Crippen LogP contribution in [0.2, 0.25) is 5.02 Å². The number of benzene rings is 3. The van der Waals surface area contributed by atoms with Crippen LogP contribution in [0.15, 0.2) is 72.8 Å². The van der Waals surface area contributed by atoms with Crippen LogP contribution in [0.1, 0.15) is 10.4 Å². The molecule has 0 spiro atoms. The first-order valence-electron chi connectivity index (χ1n) is 7.31. The number of carbonyl (C=O) groups excluding carboxylic acids is 1. The van der Waals surface area contributed by atoms with Gasteiger partial charge >= 0.3 is 0 Å². The number of hydrogen-bond donors (Lipinski definition) is 2. The monoisotopic (exact) mass is 340 g/mol. The minimum Gasteiger partial charge on any atom is -0.356 e. The lowest BCUT2D eigenvalue weighted by molar-refractivity contribution is 0.102. The van der Waals surface area contributed by atoms with Gasteiger partial charge in [0.2, 0.25) is 0 Å². The van der Waals surface area contributed by atoms with E-state index in [-0.39, 0.29) is 10.6 Å². The van der Waals surface area contributed by atoms with Crippen molar-refractivity contribution in [3.8, 4) is 0 Å². The van der Waals surface area contributed by atoms with Crippen molar-refractivity contribution in [2.45, 2.75) is 0 Å². The zero-order valence-corrected chi connectivity index (χ0v) is 13.3. The molecular formula is C19H14ClFN2O. The normalized spacial score (nSPS) is 10.2. The first kappa shape index (κ1) is 16.0. The second-order valence-corrected chi connectivity index (χ2v) is 5.53. The molecule has 2 N–H and O–H groups in total. The zero-order chi connectivity index (χ0) is 16.9. The number of nitrogens with one attached hydrogen (secondary N) is 2. The summed E-state index contributed by atoms with van der Waals surface area (Å²) in [7, 11) is 0. The van der Waals surface area contributed by atoms with Crippen LogP contribution in [-0.4, -0.2) is 5.91 Å². The molecule has 0 aromatic heterocycles. The van der Waals surface area contributed by atoms with Gasteiger partial charge in [0, 0.05) is 17.1 Å². The first-order chi connectivity index (χ1) is 11.6. The van der Waals surface area contributed by atoms with E-state index in [1.54, 1.807) is 12.1 Å². The molecule has 0 aliphatic carbocycles. The van der Waals surface area contributed by atoms with E-state index in [1.807, 2.05) is 42.5 Å². The summed E-state index contributed by atoms with van der Waals surface area (Å²) in [6.45, 7) is 0. The van der Waals surface area contributed by atoms with Crippen LogP contribution in [0, 0.1) is 5.82 Å². The minimum atomic E-state index is -0.651. The van der Waals surface area contributed by atoms with Gasteiger partial charge in [0.1, 0.15) is 5.82 Å². The topological polar surface area (TPSA) is 41.1 Å². The molecule has 5 heteroatoms. The molecule has 3 aromatic carbocycles. The predicted molar refractivity (Wildman–Crippen MR) is 95.5 cm³/mol. The van der Waals surface area contributed by atoms with Gasteiger partial charge < -0.3 is 10.6 Å². The number of amides is 1. The Morgan fingerprint density at radius 1 is 0.792 bits per heavy atom. The molecule has 0 unspecified atom stereocenters. The largest absolute Gasteiger partial charge is 0.356 e. The van der Waals surface area contributed by atoms with Crippen LogP contribution in [0.3, 0.4) is 0 Å². The highest BCUT2D eigenvalue weighted by Crippen LogP contribution is 2.22. The molecule has 0 saturated heterocycles. The fourth-order valence-electron chi connectivity index (χ4n) is 2.23. The second kappa shape index (κ2) is 7.15. The molecule has 0 saturated carbocycles. The van der Waals surface area contributed by atoms with E-state index in [0.29, 0.717) is 5.69 Å². The van der Waals surface area contributed by atoms with E-state index >= 15 is 0 Å². The fraction of sp³-hybridized carbons (Fsp3) is 0. The van der Waals surface area contributed by atoms with Crippen molar-refractivity contribution in [2.75, 3.05) is 10.6 Å². The Balaban J connectivity index is 1.71.